The topological polar surface area (TPSA) is 41.4 Å². The van der Waals surface area contributed by atoms with Crippen molar-refractivity contribution in [2.45, 2.75) is 40.2 Å². The van der Waals surface area contributed by atoms with E-state index >= 15 is 0 Å². The van der Waals surface area contributed by atoms with Crippen molar-refractivity contribution in [1.82, 2.24) is 14.7 Å². The predicted octanol–water partition coefficient (Wildman–Crippen LogP) is 3.28. The van der Waals surface area contributed by atoms with Crippen LogP contribution in [0.15, 0.2) is 30.3 Å². The van der Waals surface area contributed by atoms with Crippen LogP contribution in [-0.2, 0) is 13.5 Å². The molecule has 0 aliphatic carbocycles. The van der Waals surface area contributed by atoms with Gasteiger partial charge >= 0.3 is 0 Å². The van der Waals surface area contributed by atoms with E-state index in [4.69, 9.17) is 0 Å². The molecule has 0 radical (unpaired) electrons. The van der Waals surface area contributed by atoms with Crippen molar-refractivity contribution in [3.8, 4) is 0 Å². The molecule has 1 aromatic carbocycles. The summed E-state index contributed by atoms with van der Waals surface area (Å²) in [5.74, 6) is 0.622. The summed E-state index contributed by atoms with van der Waals surface area (Å²) in [4.78, 5) is 17.5. The fourth-order valence-electron chi connectivity index (χ4n) is 3.79. The number of para-hydroxylation sites is 1. The van der Waals surface area contributed by atoms with E-state index in [1.54, 1.807) is 4.68 Å². The van der Waals surface area contributed by atoms with Crippen LogP contribution in [0.4, 0.5) is 5.69 Å². The average Bonchev–Trinajstić information content (AvgIpc) is 2.94. The van der Waals surface area contributed by atoms with Gasteiger partial charge in [-0.2, -0.15) is 5.10 Å². The molecule has 140 valence electrons. The first kappa shape index (κ1) is 18.5. The number of hydrogen-bond donors (Lipinski definition) is 0. The summed E-state index contributed by atoms with van der Waals surface area (Å²) in [6.07, 6.45) is 0.901. The van der Waals surface area contributed by atoms with Gasteiger partial charge in [-0.05, 0) is 43.9 Å². The molecule has 1 aromatic heterocycles. The lowest BCUT2D eigenvalue weighted by Gasteiger charge is -2.41. The summed E-state index contributed by atoms with van der Waals surface area (Å²) in [5.41, 5.74) is 4.24. The Balaban J connectivity index is 1.72. The van der Waals surface area contributed by atoms with Gasteiger partial charge in [-0.25, -0.2) is 0 Å². The molecule has 3 rings (SSSR count). The smallest absolute Gasteiger partial charge is 0.272 e. The maximum Gasteiger partial charge on any atom is 0.272 e. The summed E-state index contributed by atoms with van der Waals surface area (Å²) >= 11 is 0. The van der Waals surface area contributed by atoms with Crippen molar-refractivity contribution in [3.63, 3.8) is 0 Å². The number of benzene rings is 1. The zero-order chi connectivity index (χ0) is 18.8. The zero-order valence-corrected chi connectivity index (χ0v) is 16.6. The molecule has 1 amide bonds. The van der Waals surface area contributed by atoms with Crippen LogP contribution < -0.4 is 4.90 Å². The van der Waals surface area contributed by atoms with Crippen molar-refractivity contribution in [2.75, 3.05) is 24.5 Å². The minimum atomic E-state index is 0.0898. The van der Waals surface area contributed by atoms with Gasteiger partial charge in [0.15, 0.2) is 0 Å². The van der Waals surface area contributed by atoms with Gasteiger partial charge in [-0.15, -0.1) is 0 Å². The zero-order valence-electron chi connectivity index (χ0n) is 16.6. The molecular weight excluding hydrogens is 324 g/mol. The number of carbonyl (C=O) groups excluding carboxylic acids is 1. The second-order valence-electron chi connectivity index (χ2n) is 7.82. The second kappa shape index (κ2) is 7.52. The van der Waals surface area contributed by atoms with E-state index in [0.717, 1.165) is 31.7 Å². The van der Waals surface area contributed by atoms with Crippen LogP contribution in [0.3, 0.4) is 0 Å². The second-order valence-corrected chi connectivity index (χ2v) is 7.82. The molecular formula is C21H30N4O. The van der Waals surface area contributed by atoms with Crippen LogP contribution in [0.5, 0.6) is 0 Å². The number of aromatic nitrogens is 2. The van der Waals surface area contributed by atoms with Crippen molar-refractivity contribution >= 4 is 11.6 Å². The average molecular weight is 354 g/mol. The monoisotopic (exact) mass is 354 g/mol. The maximum absolute atomic E-state index is 13.1. The Bertz CT molecular complexity index is 780. The SMILES string of the molecule is Cc1ccccc1N1CCN(C(=O)c2cc(CC(C)C)nn2C)[C@H](C)C1. The van der Waals surface area contributed by atoms with Crippen LogP contribution in [0.1, 0.15) is 42.5 Å². The molecule has 1 aliphatic rings. The lowest BCUT2D eigenvalue weighted by molar-refractivity contribution is 0.0663. The number of aryl methyl sites for hydroxylation is 2. The molecule has 0 unspecified atom stereocenters. The van der Waals surface area contributed by atoms with Gasteiger partial charge in [0.25, 0.3) is 5.91 Å². The number of piperazine rings is 1. The number of amides is 1. The van der Waals surface area contributed by atoms with E-state index in [-0.39, 0.29) is 11.9 Å². The van der Waals surface area contributed by atoms with E-state index in [2.05, 4.69) is 62.0 Å². The molecule has 1 aliphatic heterocycles. The van der Waals surface area contributed by atoms with Gasteiger partial charge in [0, 0.05) is 38.4 Å². The third-order valence-corrected chi connectivity index (χ3v) is 5.11. The molecule has 0 saturated carbocycles. The lowest BCUT2D eigenvalue weighted by atomic mass is 10.1. The third-order valence-electron chi connectivity index (χ3n) is 5.11. The Morgan fingerprint density at radius 1 is 1.27 bits per heavy atom. The highest BCUT2D eigenvalue weighted by Crippen LogP contribution is 2.24. The lowest BCUT2D eigenvalue weighted by Crippen LogP contribution is -2.54. The van der Waals surface area contributed by atoms with Crippen LogP contribution in [0.25, 0.3) is 0 Å². The first-order chi connectivity index (χ1) is 12.4. The van der Waals surface area contributed by atoms with Crippen LogP contribution >= 0.6 is 0 Å². The largest absolute Gasteiger partial charge is 0.367 e. The van der Waals surface area contributed by atoms with Gasteiger partial charge in [-0.1, -0.05) is 32.0 Å². The number of hydrogen-bond acceptors (Lipinski definition) is 3. The van der Waals surface area contributed by atoms with E-state index in [1.165, 1.54) is 11.3 Å². The van der Waals surface area contributed by atoms with Crippen molar-refractivity contribution in [2.24, 2.45) is 13.0 Å². The molecule has 26 heavy (non-hydrogen) atoms. The van der Waals surface area contributed by atoms with Crippen molar-refractivity contribution < 1.29 is 4.79 Å². The summed E-state index contributed by atoms with van der Waals surface area (Å²) in [5, 5.41) is 4.52. The number of rotatable bonds is 4. The molecule has 2 aromatic rings. The highest BCUT2D eigenvalue weighted by Gasteiger charge is 2.30. The molecule has 1 fully saturated rings. The quantitative estimate of drug-likeness (QED) is 0.846. The Morgan fingerprint density at radius 3 is 2.65 bits per heavy atom. The molecule has 1 saturated heterocycles. The Morgan fingerprint density at radius 2 is 2.00 bits per heavy atom. The minimum absolute atomic E-state index is 0.0898. The van der Waals surface area contributed by atoms with Crippen LogP contribution in [0.2, 0.25) is 0 Å². The molecule has 0 spiro atoms. The summed E-state index contributed by atoms with van der Waals surface area (Å²) in [6, 6.07) is 10.6. The number of anilines is 1. The Hall–Kier alpha value is -2.30. The standard InChI is InChI=1S/C21H30N4O/c1-15(2)12-18-13-20(23(5)22-18)21(26)25-11-10-24(14-17(25)4)19-9-7-6-8-16(19)3/h6-9,13,15,17H,10-12,14H2,1-5H3/t17-/m1/s1. The van der Waals surface area contributed by atoms with Crippen LogP contribution in [0, 0.1) is 12.8 Å². The highest BCUT2D eigenvalue weighted by molar-refractivity contribution is 5.93. The van der Waals surface area contributed by atoms with Gasteiger partial charge in [0.1, 0.15) is 5.69 Å². The number of nitrogens with zero attached hydrogens (tertiary/aromatic N) is 4. The summed E-state index contributed by atoms with van der Waals surface area (Å²) in [6.45, 7) is 11.1. The Kier molecular flexibility index (Phi) is 5.35. The van der Waals surface area contributed by atoms with Gasteiger partial charge in [0.05, 0.1) is 5.69 Å². The predicted molar refractivity (Wildman–Crippen MR) is 106 cm³/mol. The normalized spacial score (nSPS) is 17.8. The van der Waals surface area contributed by atoms with Crippen molar-refractivity contribution in [1.29, 1.82) is 0 Å². The summed E-state index contributed by atoms with van der Waals surface area (Å²) < 4.78 is 1.74. The van der Waals surface area contributed by atoms with Gasteiger partial charge in [-0.3, -0.25) is 9.48 Å². The van der Waals surface area contributed by atoms with Gasteiger partial charge < -0.3 is 9.80 Å². The first-order valence-corrected chi connectivity index (χ1v) is 9.51. The first-order valence-electron chi connectivity index (χ1n) is 9.51. The van der Waals surface area contributed by atoms with E-state index in [1.807, 2.05) is 18.0 Å². The van der Waals surface area contributed by atoms with E-state index in [0.29, 0.717) is 11.6 Å². The molecule has 0 N–H and O–H groups in total. The Labute approximate surface area is 156 Å². The number of carbonyl (C=O) groups is 1. The minimum Gasteiger partial charge on any atom is -0.367 e. The molecule has 1 atom stereocenters. The van der Waals surface area contributed by atoms with E-state index in [9.17, 15) is 4.79 Å². The van der Waals surface area contributed by atoms with E-state index < -0.39 is 0 Å². The maximum atomic E-state index is 13.1. The highest BCUT2D eigenvalue weighted by atomic mass is 16.2. The molecule has 5 nitrogen and oxygen atoms in total. The molecule has 2 heterocycles. The molecule has 5 heteroatoms. The third kappa shape index (κ3) is 3.76. The fraction of sp³-hybridized carbons (Fsp3) is 0.524. The fourth-order valence-corrected chi connectivity index (χ4v) is 3.79. The van der Waals surface area contributed by atoms with Crippen LogP contribution in [-0.4, -0.2) is 46.3 Å². The summed E-state index contributed by atoms with van der Waals surface area (Å²) in [7, 11) is 1.87. The van der Waals surface area contributed by atoms with Gasteiger partial charge in [0.2, 0.25) is 0 Å². The van der Waals surface area contributed by atoms with Crippen molar-refractivity contribution in [3.05, 3.63) is 47.3 Å². The molecule has 0 bridgehead atoms.